The zero-order chi connectivity index (χ0) is 16.7. The number of nitro groups is 1. The molecule has 0 aromatic heterocycles. The van der Waals surface area contributed by atoms with Crippen molar-refractivity contribution in [3.8, 4) is 0 Å². The maximum absolute atomic E-state index is 12.2. The number of aryl methyl sites for hydroxylation is 1. The normalized spacial score (nSPS) is 12.2. The second-order valence-corrected chi connectivity index (χ2v) is 5.97. The molecule has 22 heavy (non-hydrogen) atoms. The third-order valence-corrected chi connectivity index (χ3v) is 3.57. The number of aliphatic hydroxyl groups excluding tert-OH is 1. The molecule has 1 aromatic rings. The van der Waals surface area contributed by atoms with Crippen molar-refractivity contribution in [2.45, 2.75) is 33.6 Å². The predicted octanol–water partition coefficient (Wildman–Crippen LogP) is 2.68. The second kappa shape index (κ2) is 8.48. The monoisotopic (exact) mass is 308 g/mol. The second-order valence-electron chi connectivity index (χ2n) is 5.97. The molecule has 0 aliphatic rings. The number of carbonyl (C=O) groups is 1. The SMILES string of the molecule is Cc1ccc([N+](=O)[O-])cc1C(=O)NCC(CCO)CC(C)C. The molecule has 1 rings (SSSR count). The van der Waals surface area contributed by atoms with Crippen molar-refractivity contribution in [1.29, 1.82) is 0 Å². The third-order valence-electron chi connectivity index (χ3n) is 3.57. The van der Waals surface area contributed by atoms with E-state index in [1.165, 1.54) is 12.1 Å². The standard InChI is InChI=1S/C16H24N2O4/c1-11(2)8-13(6-7-19)10-17-16(20)15-9-14(18(21)22)5-4-12(15)3/h4-5,9,11,13,19H,6-8,10H2,1-3H3,(H,17,20). The van der Waals surface area contributed by atoms with Crippen LogP contribution in [0.2, 0.25) is 0 Å². The largest absolute Gasteiger partial charge is 0.396 e. The summed E-state index contributed by atoms with van der Waals surface area (Å²) in [6.45, 7) is 6.48. The number of aliphatic hydroxyl groups is 1. The van der Waals surface area contributed by atoms with Gasteiger partial charge >= 0.3 is 0 Å². The lowest BCUT2D eigenvalue weighted by Crippen LogP contribution is -2.31. The van der Waals surface area contributed by atoms with Crippen molar-refractivity contribution in [1.82, 2.24) is 5.32 Å². The summed E-state index contributed by atoms with van der Waals surface area (Å²) in [5.74, 6) is 0.369. The number of carbonyl (C=O) groups excluding carboxylic acids is 1. The molecule has 0 heterocycles. The number of nitrogens with zero attached hydrogens (tertiary/aromatic N) is 1. The van der Waals surface area contributed by atoms with Gasteiger partial charge in [0.1, 0.15) is 0 Å². The van der Waals surface area contributed by atoms with E-state index in [2.05, 4.69) is 19.2 Å². The van der Waals surface area contributed by atoms with Gasteiger partial charge in [-0.1, -0.05) is 19.9 Å². The molecule has 0 saturated carbocycles. The Kier molecular flexibility index (Phi) is 6.98. The van der Waals surface area contributed by atoms with Crippen LogP contribution < -0.4 is 5.32 Å². The fourth-order valence-electron chi connectivity index (χ4n) is 2.45. The fraction of sp³-hybridized carbons (Fsp3) is 0.562. The summed E-state index contributed by atoms with van der Waals surface area (Å²) in [5, 5.41) is 22.7. The van der Waals surface area contributed by atoms with Crippen molar-refractivity contribution >= 4 is 11.6 Å². The highest BCUT2D eigenvalue weighted by atomic mass is 16.6. The minimum absolute atomic E-state index is 0.0864. The Labute approximate surface area is 130 Å². The molecule has 0 saturated heterocycles. The first-order valence-electron chi connectivity index (χ1n) is 7.49. The minimum Gasteiger partial charge on any atom is -0.396 e. The van der Waals surface area contributed by atoms with Crippen LogP contribution in [0.3, 0.4) is 0 Å². The van der Waals surface area contributed by atoms with Gasteiger partial charge in [-0.2, -0.15) is 0 Å². The van der Waals surface area contributed by atoms with Crippen LogP contribution >= 0.6 is 0 Å². The van der Waals surface area contributed by atoms with Crippen LogP contribution in [0.5, 0.6) is 0 Å². The van der Waals surface area contributed by atoms with Gasteiger partial charge in [-0.25, -0.2) is 0 Å². The van der Waals surface area contributed by atoms with Crippen LogP contribution in [0.4, 0.5) is 5.69 Å². The zero-order valence-electron chi connectivity index (χ0n) is 13.3. The summed E-state index contributed by atoms with van der Waals surface area (Å²) < 4.78 is 0. The highest BCUT2D eigenvalue weighted by Gasteiger charge is 2.17. The molecule has 6 nitrogen and oxygen atoms in total. The number of amides is 1. The Morgan fingerprint density at radius 2 is 2.09 bits per heavy atom. The number of non-ortho nitro benzene ring substituents is 1. The van der Waals surface area contributed by atoms with E-state index >= 15 is 0 Å². The van der Waals surface area contributed by atoms with Gasteiger partial charge in [0.05, 0.1) is 4.92 Å². The zero-order valence-corrected chi connectivity index (χ0v) is 13.3. The summed E-state index contributed by atoms with van der Waals surface area (Å²) in [7, 11) is 0. The molecular weight excluding hydrogens is 284 g/mol. The van der Waals surface area contributed by atoms with Crippen LogP contribution in [0.1, 0.15) is 42.6 Å². The molecule has 1 aromatic carbocycles. The highest BCUT2D eigenvalue weighted by Crippen LogP contribution is 2.18. The molecule has 0 aliphatic heterocycles. The smallest absolute Gasteiger partial charge is 0.270 e. The fourth-order valence-corrected chi connectivity index (χ4v) is 2.45. The maximum atomic E-state index is 12.2. The number of rotatable bonds is 8. The summed E-state index contributed by atoms with van der Waals surface area (Å²) in [4.78, 5) is 22.5. The number of nitrogens with one attached hydrogen (secondary N) is 1. The number of nitro benzene ring substituents is 1. The quantitative estimate of drug-likeness (QED) is 0.570. The van der Waals surface area contributed by atoms with Gasteiger partial charge in [-0.15, -0.1) is 0 Å². The Balaban J connectivity index is 2.75. The molecule has 0 fully saturated rings. The summed E-state index contributed by atoms with van der Waals surface area (Å²) in [6.07, 6.45) is 1.54. The van der Waals surface area contributed by atoms with E-state index in [1.807, 2.05) is 0 Å². The van der Waals surface area contributed by atoms with Gasteiger partial charge in [0, 0.05) is 30.8 Å². The summed E-state index contributed by atoms with van der Waals surface area (Å²) in [6, 6.07) is 4.26. The summed E-state index contributed by atoms with van der Waals surface area (Å²) in [5.41, 5.74) is 0.928. The van der Waals surface area contributed by atoms with E-state index in [9.17, 15) is 14.9 Å². The maximum Gasteiger partial charge on any atom is 0.270 e. The molecule has 1 unspecified atom stereocenters. The Hall–Kier alpha value is -1.95. The first-order valence-corrected chi connectivity index (χ1v) is 7.49. The predicted molar refractivity (Wildman–Crippen MR) is 84.8 cm³/mol. The van der Waals surface area contributed by atoms with Crippen LogP contribution in [-0.2, 0) is 0 Å². The van der Waals surface area contributed by atoms with Crippen molar-refractivity contribution in [3.05, 3.63) is 39.4 Å². The van der Waals surface area contributed by atoms with E-state index in [0.29, 0.717) is 30.0 Å². The minimum atomic E-state index is -0.510. The molecular formula is C16H24N2O4. The van der Waals surface area contributed by atoms with E-state index in [1.54, 1.807) is 13.0 Å². The number of hydrogen-bond donors (Lipinski definition) is 2. The van der Waals surface area contributed by atoms with E-state index in [4.69, 9.17) is 5.11 Å². The molecule has 0 radical (unpaired) electrons. The van der Waals surface area contributed by atoms with Crippen molar-refractivity contribution in [2.24, 2.45) is 11.8 Å². The van der Waals surface area contributed by atoms with Gasteiger partial charge in [-0.3, -0.25) is 14.9 Å². The van der Waals surface area contributed by atoms with Crippen LogP contribution in [0.25, 0.3) is 0 Å². The Morgan fingerprint density at radius 3 is 2.64 bits per heavy atom. The lowest BCUT2D eigenvalue weighted by molar-refractivity contribution is -0.384. The Bertz CT molecular complexity index is 529. The summed E-state index contributed by atoms with van der Waals surface area (Å²) >= 11 is 0. The van der Waals surface area contributed by atoms with Gasteiger partial charge in [0.25, 0.3) is 11.6 Å². The van der Waals surface area contributed by atoms with Gasteiger partial charge in [-0.05, 0) is 37.2 Å². The van der Waals surface area contributed by atoms with Crippen LogP contribution in [-0.4, -0.2) is 29.1 Å². The number of benzene rings is 1. The van der Waals surface area contributed by atoms with E-state index in [0.717, 1.165) is 6.42 Å². The van der Waals surface area contributed by atoms with E-state index < -0.39 is 4.92 Å². The van der Waals surface area contributed by atoms with Gasteiger partial charge in [0.2, 0.25) is 0 Å². The first kappa shape index (κ1) is 18.1. The van der Waals surface area contributed by atoms with Crippen molar-refractivity contribution < 1.29 is 14.8 Å². The first-order chi connectivity index (χ1) is 10.3. The van der Waals surface area contributed by atoms with E-state index in [-0.39, 0.29) is 24.1 Å². The average Bonchev–Trinajstić information content (AvgIpc) is 2.44. The van der Waals surface area contributed by atoms with Crippen LogP contribution in [0, 0.1) is 28.9 Å². The molecule has 1 atom stereocenters. The lowest BCUT2D eigenvalue weighted by atomic mass is 9.94. The average molecular weight is 308 g/mol. The Morgan fingerprint density at radius 1 is 1.41 bits per heavy atom. The molecule has 1 amide bonds. The van der Waals surface area contributed by atoms with Crippen LogP contribution in [0.15, 0.2) is 18.2 Å². The molecule has 0 aliphatic carbocycles. The highest BCUT2D eigenvalue weighted by molar-refractivity contribution is 5.96. The molecule has 0 spiro atoms. The third kappa shape index (κ3) is 5.44. The van der Waals surface area contributed by atoms with Crippen molar-refractivity contribution in [2.75, 3.05) is 13.2 Å². The topological polar surface area (TPSA) is 92.5 Å². The van der Waals surface area contributed by atoms with Gasteiger partial charge in [0.15, 0.2) is 0 Å². The molecule has 0 bridgehead atoms. The molecule has 2 N–H and O–H groups in total. The van der Waals surface area contributed by atoms with Gasteiger partial charge < -0.3 is 10.4 Å². The molecule has 122 valence electrons. The number of hydrogen-bond acceptors (Lipinski definition) is 4. The van der Waals surface area contributed by atoms with Crippen molar-refractivity contribution in [3.63, 3.8) is 0 Å². The molecule has 6 heteroatoms. The lowest BCUT2D eigenvalue weighted by Gasteiger charge is -2.19.